The highest BCUT2D eigenvalue weighted by molar-refractivity contribution is 5.85. The molecule has 2 nitrogen and oxygen atoms in total. The molecule has 6 atom stereocenters. The number of hydrogen-bond acceptors (Lipinski definition) is 2. The van der Waals surface area contributed by atoms with Gasteiger partial charge in [-0.1, -0.05) is 30.9 Å². The smallest absolute Gasteiger partial charge is 0.140 e. The molecule has 0 heterocycles. The van der Waals surface area contributed by atoms with Crippen LogP contribution in [0.3, 0.4) is 0 Å². The Labute approximate surface area is 139 Å². The molecule has 0 aromatic heterocycles. The van der Waals surface area contributed by atoms with E-state index in [0.717, 1.165) is 38.5 Å². The van der Waals surface area contributed by atoms with Crippen molar-refractivity contribution in [3.8, 4) is 12.3 Å². The van der Waals surface area contributed by atoms with Crippen LogP contribution in [0, 0.1) is 41.4 Å². The van der Waals surface area contributed by atoms with Crippen LogP contribution in [-0.4, -0.2) is 16.5 Å². The zero-order chi connectivity index (χ0) is 16.4. The van der Waals surface area contributed by atoms with Gasteiger partial charge in [0.15, 0.2) is 0 Å². The lowest BCUT2D eigenvalue weighted by Crippen LogP contribution is -2.51. The van der Waals surface area contributed by atoms with Gasteiger partial charge in [0.1, 0.15) is 11.4 Å². The highest BCUT2D eigenvalue weighted by Gasteiger charge is 2.61. The van der Waals surface area contributed by atoms with Gasteiger partial charge in [0.05, 0.1) is 0 Å². The van der Waals surface area contributed by atoms with Gasteiger partial charge in [0.2, 0.25) is 0 Å². The molecule has 0 aliphatic heterocycles. The van der Waals surface area contributed by atoms with Gasteiger partial charge < -0.3 is 5.11 Å². The van der Waals surface area contributed by atoms with Crippen molar-refractivity contribution in [3.63, 3.8) is 0 Å². The first-order valence-corrected chi connectivity index (χ1v) is 9.33. The molecule has 0 radical (unpaired) electrons. The number of carbonyl (C=O) groups excluding carboxylic acids is 1. The summed E-state index contributed by atoms with van der Waals surface area (Å²) in [5.74, 6) is 5.23. The summed E-state index contributed by atoms with van der Waals surface area (Å²) in [6.45, 7) is 4.33. The maximum atomic E-state index is 12.1. The van der Waals surface area contributed by atoms with Crippen LogP contribution in [0.1, 0.15) is 65.2 Å². The van der Waals surface area contributed by atoms with Gasteiger partial charge in [-0.25, -0.2) is 0 Å². The van der Waals surface area contributed by atoms with Gasteiger partial charge in [0, 0.05) is 17.8 Å². The molecule has 2 heteroatoms. The fourth-order valence-corrected chi connectivity index (χ4v) is 6.47. The van der Waals surface area contributed by atoms with Crippen molar-refractivity contribution in [1.82, 2.24) is 0 Å². The quantitative estimate of drug-likeness (QED) is 0.544. The second-order valence-electron chi connectivity index (χ2n) is 8.79. The minimum absolute atomic E-state index is 0.114. The molecule has 0 bridgehead atoms. The average Bonchev–Trinajstić information content (AvgIpc) is 2.81. The molecule has 4 aliphatic carbocycles. The molecule has 1 N–H and O–H groups in total. The van der Waals surface area contributed by atoms with Crippen molar-refractivity contribution in [2.45, 2.75) is 70.8 Å². The van der Waals surface area contributed by atoms with E-state index in [4.69, 9.17) is 6.42 Å². The normalized spacial score (nSPS) is 49.2. The lowest BCUT2D eigenvalue weighted by molar-refractivity contribution is -0.122. The van der Waals surface area contributed by atoms with Crippen molar-refractivity contribution in [1.29, 1.82) is 0 Å². The molecule has 1 unspecified atom stereocenters. The summed E-state index contributed by atoms with van der Waals surface area (Å²) >= 11 is 0. The van der Waals surface area contributed by atoms with E-state index >= 15 is 0 Å². The standard InChI is InChI=1S/C21H28O2/c1-4-21(23)10-8-18-16-6-5-14-12-19(22)13(2)11-17(14)15(16)7-9-20(18,21)3/h1,13,15-16,18,23H,5-12H2,2-3H3/t13?,15-,16+,18-,20-,21-/m0/s1. The summed E-state index contributed by atoms with van der Waals surface area (Å²) < 4.78 is 0. The third-order valence-electron chi connectivity index (χ3n) is 7.97. The van der Waals surface area contributed by atoms with Crippen molar-refractivity contribution in [3.05, 3.63) is 11.1 Å². The van der Waals surface area contributed by atoms with E-state index < -0.39 is 5.60 Å². The van der Waals surface area contributed by atoms with E-state index in [2.05, 4.69) is 19.8 Å². The number of terminal acetylenes is 1. The molecule has 2 fully saturated rings. The lowest BCUT2D eigenvalue weighted by Gasteiger charge is -2.53. The highest BCUT2D eigenvalue weighted by Crippen LogP contribution is 2.64. The number of ketones is 1. The molecule has 124 valence electrons. The van der Waals surface area contributed by atoms with Crippen molar-refractivity contribution >= 4 is 5.78 Å². The maximum absolute atomic E-state index is 12.1. The Kier molecular flexibility index (Phi) is 3.34. The zero-order valence-electron chi connectivity index (χ0n) is 14.4. The summed E-state index contributed by atoms with van der Waals surface area (Å²) in [7, 11) is 0. The van der Waals surface area contributed by atoms with E-state index in [9.17, 15) is 9.90 Å². The van der Waals surface area contributed by atoms with E-state index in [1.165, 1.54) is 12.0 Å². The average molecular weight is 312 g/mol. The predicted octanol–water partition coefficient (Wildman–Crippen LogP) is 3.88. The monoisotopic (exact) mass is 312 g/mol. The summed E-state index contributed by atoms with van der Waals surface area (Å²) in [4.78, 5) is 12.1. The third kappa shape index (κ3) is 1.96. The summed E-state index contributed by atoms with van der Waals surface area (Å²) in [6.07, 6.45) is 13.7. The maximum Gasteiger partial charge on any atom is 0.140 e. The van der Waals surface area contributed by atoms with Crippen molar-refractivity contribution in [2.24, 2.45) is 29.1 Å². The molecule has 0 amide bonds. The third-order valence-corrected chi connectivity index (χ3v) is 7.97. The van der Waals surface area contributed by atoms with Crippen LogP contribution < -0.4 is 0 Å². The Morgan fingerprint density at radius 1 is 1.26 bits per heavy atom. The van der Waals surface area contributed by atoms with Gasteiger partial charge in [-0.15, -0.1) is 6.42 Å². The fourth-order valence-electron chi connectivity index (χ4n) is 6.47. The molecule has 0 saturated heterocycles. The number of carbonyl (C=O) groups is 1. The first-order valence-electron chi connectivity index (χ1n) is 9.33. The van der Waals surface area contributed by atoms with E-state index in [1.807, 2.05) is 0 Å². The first-order chi connectivity index (χ1) is 10.9. The number of hydrogen-bond donors (Lipinski definition) is 1. The van der Waals surface area contributed by atoms with Crippen LogP contribution in [0.4, 0.5) is 0 Å². The Hall–Kier alpha value is -1.07. The van der Waals surface area contributed by atoms with Gasteiger partial charge in [-0.3, -0.25) is 4.79 Å². The Bertz CT molecular complexity index is 624. The van der Waals surface area contributed by atoms with E-state index in [0.29, 0.717) is 30.0 Å². The topological polar surface area (TPSA) is 37.3 Å². The van der Waals surface area contributed by atoms with Gasteiger partial charge in [-0.2, -0.15) is 0 Å². The Morgan fingerprint density at radius 2 is 2.04 bits per heavy atom. The molecular formula is C21H28O2. The molecular weight excluding hydrogens is 284 g/mol. The number of aliphatic hydroxyl groups is 1. The van der Waals surface area contributed by atoms with Crippen LogP contribution in [0.25, 0.3) is 0 Å². The zero-order valence-corrected chi connectivity index (χ0v) is 14.4. The van der Waals surface area contributed by atoms with Crippen LogP contribution in [0.15, 0.2) is 11.1 Å². The van der Waals surface area contributed by atoms with Crippen molar-refractivity contribution in [2.75, 3.05) is 0 Å². The molecule has 2 saturated carbocycles. The van der Waals surface area contributed by atoms with Crippen LogP contribution >= 0.6 is 0 Å². The molecule has 4 rings (SSSR count). The van der Waals surface area contributed by atoms with E-state index in [1.54, 1.807) is 5.57 Å². The number of Topliss-reactive ketones (excluding diaryl/α,β-unsaturated/α-hetero) is 1. The van der Waals surface area contributed by atoms with Crippen molar-refractivity contribution < 1.29 is 9.90 Å². The van der Waals surface area contributed by atoms with Crippen LogP contribution in [-0.2, 0) is 4.79 Å². The molecule has 0 aromatic carbocycles. The molecule has 23 heavy (non-hydrogen) atoms. The van der Waals surface area contributed by atoms with E-state index in [-0.39, 0.29) is 11.3 Å². The summed E-state index contributed by atoms with van der Waals surface area (Å²) in [6, 6.07) is 0. The second-order valence-corrected chi connectivity index (χ2v) is 8.79. The largest absolute Gasteiger partial charge is 0.377 e. The SMILES string of the molecule is C#C[C@]1(O)CC[C@H]2[C@@H]3CCC4=C(CC(C)C(=O)C4)[C@H]3CC[C@@]21C. The number of fused-ring (bicyclic) bond motifs is 4. The van der Waals surface area contributed by atoms with Gasteiger partial charge >= 0.3 is 0 Å². The Balaban J connectivity index is 1.67. The van der Waals surface area contributed by atoms with Gasteiger partial charge in [0.25, 0.3) is 0 Å². The second kappa shape index (κ2) is 4.96. The van der Waals surface area contributed by atoms with Crippen LogP contribution in [0.2, 0.25) is 0 Å². The number of rotatable bonds is 0. The molecule has 0 aromatic rings. The molecule has 0 spiro atoms. The fraction of sp³-hybridized carbons (Fsp3) is 0.762. The highest BCUT2D eigenvalue weighted by atomic mass is 16.3. The minimum atomic E-state index is -0.910. The predicted molar refractivity (Wildman–Crippen MR) is 90.5 cm³/mol. The summed E-state index contributed by atoms with van der Waals surface area (Å²) in [5.41, 5.74) is 2.05. The first kappa shape index (κ1) is 15.5. The number of allylic oxidation sites excluding steroid dienone is 2. The molecule has 4 aliphatic rings. The lowest BCUT2D eigenvalue weighted by atomic mass is 9.52. The van der Waals surface area contributed by atoms with Crippen LogP contribution in [0.5, 0.6) is 0 Å². The minimum Gasteiger partial charge on any atom is -0.377 e. The van der Waals surface area contributed by atoms with Gasteiger partial charge in [-0.05, 0) is 62.7 Å². The summed E-state index contributed by atoms with van der Waals surface area (Å²) in [5, 5.41) is 11.0. The Morgan fingerprint density at radius 3 is 2.78 bits per heavy atom.